The summed E-state index contributed by atoms with van der Waals surface area (Å²) in [5, 5.41) is 0.472. The van der Waals surface area contributed by atoms with Crippen LogP contribution in [0.4, 0.5) is 5.69 Å². The predicted molar refractivity (Wildman–Crippen MR) is 101 cm³/mol. The third-order valence-electron chi connectivity index (χ3n) is 4.37. The number of benzene rings is 1. The molecule has 0 saturated carbocycles. The van der Waals surface area contributed by atoms with Crippen LogP contribution in [0.5, 0.6) is 0 Å². The average molecular weight is 383 g/mol. The number of ether oxygens (including phenoxy) is 1. The molecule has 6 nitrogen and oxygen atoms in total. The van der Waals surface area contributed by atoms with Crippen LogP contribution in [-0.4, -0.2) is 56.0 Å². The lowest BCUT2D eigenvalue weighted by Crippen LogP contribution is -2.38. The lowest BCUT2D eigenvalue weighted by molar-refractivity contribution is -0.121. The monoisotopic (exact) mass is 382 g/mol. The number of sulfone groups is 1. The van der Waals surface area contributed by atoms with Crippen LogP contribution >= 0.6 is 11.8 Å². The van der Waals surface area contributed by atoms with Gasteiger partial charge in [0.25, 0.3) is 5.91 Å². The largest absolute Gasteiger partial charge is 0.375 e. The number of carbonyl (C=O) groups excluding carboxylic acids is 1. The Morgan fingerprint density at radius 1 is 1.36 bits per heavy atom. The fourth-order valence-electron chi connectivity index (χ4n) is 3.30. The maximum Gasteiger partial charge on any atom is 0.274 e. The Labute approximate surface area is 152 Å². The fraction of sp³-hybridized carbons (Fsp3) is 0.529. The molecule has 0 bridgehead atoms. The quantitative estimate of drug-likeness (QED) is 0.793. The number of thioether (sulfide) groups is 1. The minimum atomic E-state index is -3.07. The van der Waals surface area contributed by atoms with Crippen molar-refractivity contribution in [1.82, 2.24) is 0 Å². The molecule has 1 aromatic carbocycles. The summed E-state index contributed by atoms with van der Waals surface area (Å²) in [6.45, 7) is 4.10. The number of hydrogen-bond donors (Lipinski definition) is 0. The van der Waals surface area contributed by atoms with E-state index in [0.717, 1.165) is 11.3 Å². The number of aliphatic imine (C=N–C) groups is 1. The van der Waals surface area contributed by atoms with Gasteiger partial charge in [-0.1, -0.05) is 43.8 Å². The molecular weight excluding hydrogens is 360 g/mol. The highest BCUT2D eigenvalue weighted by molar-refractivity contribution is 8.16. The van der Waals surface area contributed by atoms with Crippen molar-refractivity contribution in [2.45, 2.75) is 31.1 Å². The van der Waals surface area contributed by atoms with Crippen molar-refractivity contribution in [3.63, 3.8) is 0 Å². The number of anilines is 1. The van der Waals surface area contributed by atoms with Crippen molar-refractivity contribution >= 4 is 38.4 Å². The standard InChI is InChI=1S/C17H22N2O4S2/c1-11(2)12-6-4-5-7-13(12)19-14-9-25(21,22)10-15(14)24-17(19)18-16(20)8-23-3/h4-7,11,14-15H,8-10H2,1-3H3/t14-,15-/m0/s1. The predicted octanol–water partition coefficient (Wildman–Crippen LogP) is 2.06. The van der Waals surface area contributed by atoms with Crippen molar-refractivity contribution in [3.8, 4) is 0 Å². The van der Waals surface area contributed by atoms with E-state index in [9.17, 15) is 13.2 Å². The van der Waals surface area contributed by atoms with E-state index < -0.39 is 9.84 Å². The smallest absolute Gasteiger partial charge is 0.274 e. The third kappa shape index (κ3) is 3.75. The number of amidine groups is 1. The maximum atomic E-state index is 12.1. The molecule has 8 heteroatoms. The maximum absolute atomic E-state index is 12.1. The minimum Gasteiger partial charge on any atom is -0.375 e. The van der Waals surface area contributed by atoms with Gasteiger partial charge in [0.2, 0.25) is 0 Å². The van der Waals surface area contributed by atoms with E-state index in [4.69, 9.17) is 4.74 Å². The first-order chi connectivity index (χ1) is 11.8. The molecule has 0 N–H and O–H groups in total. The van der Waals surface area contributed by atoms with Crippen molar-refractivity contribution < 1.29 is 17.9 Å². The second kappa shape index (κ2) is 7.09. The van der Waals surface area contributed by atoms with E-state index >= 15 is 0 Å². The summed E-state index contributed by atoms with van der Waals surface area (Å²) in [4.78, 5) is 18.1. The van der Waals surface area contributed by atoms with Crippen LogP contribution in [0.25, 0.3) is 0 Å². The first-order valence-electron chi connectivity index (χ1n) is 8.18. The number of rotatable bonds is 4. The second-order valence-electron chi connectivity index (χ2n) is 6.61. The normalized spacial score (nSPS) is 26.4. The summed E-state index contributed by atoms with van der Waals surface area (Å²) in [5.74, 6) is 0.128. The average Bonchev–Trinajstić information content (AvgIpc) is 2.98. The highest BCUT2D eigenvalue weighted by atomic mass is 32.2. The number of amides is 1. The van der Waals surface area contributed by atoms with Gasteiger partial charge in [0, 0.05) is 18.0 Å². The first-order valence-corrected chi connectivity index (χ1v) is 10.9. The van der Waals surface area contributed by atoms with E-state index in [2.05, 4.69) is 18.8 Å². The lowest BCUT2D eigenvalue weighted by Gasteiger charge is -2.28. The van der Waals surface area contributed by atoms with Gasteiger partial charge in [0.05, 0.1) is 17.5 Å². The van der Waals surface area contributed by atoms with Gasteiger partial charge in [-0.3, -0.25) is 4.79 Å². The van der Waals surface area contributed by atoms with E-state index in [1.807, 2.05) is 29.2 Å². The molecule has 2 saturated heterocycles. The molecule has 0 aromatic heterocycles. The Morgan fingerprint density at radius 3 is 2.76 bits per heavy atom. The van der Waals surface area contributed by atoms with Crippen molar-refractivity contribution in [2.75, 3.05) is 30.1 Å². The molecular formula is C17H22N2O4S2. The van der Waals surface area contributed by atoms with Crippen LogP contribution in [0.2, 0.25) is 0 Å². The molecule has 2 aliphatic heterocycles. The summed E-state index contributed by atoms with van der Waals surface area (Å²) < 4.78 is 29.1. The van der Waals surface area contributed by atoms with Gasteiger partial charge < -0.3 is 9.64 Å². The van der Waals surface area contributed by atoms with Gasteiger partial charge in [-0.25, -0.2) is 8.42 Å². The molecule has 25 heavy (non-hydrogen) atoms. The molecule has 1 amide bonds. The number of methoxy groups -OCH3 is 1. The van der Waals surface area contributed by atoms with Gasteiger partial charge >= 0.3 is 0 Å². The second-order valence-corrected chi connectivity index (χ2v) is 9.97. The Bertz CT molecular complexity index is 805. The van der Waals surface area contributed by atoms with Crippen molar-refractivity contribution in [3.05, 3.63) is 29.8 Å². The molecule has 3 rings (SSSR count). The molecule has 0 aliphatic carbocycles. The highest BCUT2D eigenvalue weighted by Crippen LogP contribution is 2.43. The molecule has 2 heterocycles. The molecule has 0 radical (unpaired) electrons. The van der Waals surface area contributed by atoms with Gasteiger partial charge in [-0.15, -0.1) is 0 Å². The van der Waals surface area contributed by atoms with E-state index in [0.29, 0.717) is 5.17 Å². The SMILES string of the molecule is COCC(=O)N=C1S[C@H]2CS(=O)(=O)C[C@@H]2N1c1ccccc1C(C)C. The van der Waals surface area contributed by atoms with Gasteiger partial charge in [-0.05, 0) is 17.5 Å². The third-order valence-corrected chi connectivity index (χ3v) is 7.58. The molecule has 2 aliphatic rings. The summed E-state index contributed by atoms with van der Waals surface area (Å²) in [7, 11) is -1.62. The van der Waals surface area contributed by atoms with E-state index in [-0.39, 0.29) is 41.2 Å². The van der Waals surface area contributed by atoms with Crippen LogP contribution < -0.4 is 4.90 Å². The summed E-state index contributed by atoms with van der Waals surface area (Å²) in [6.07, 6.45) is 0. The summed E-state index contributed by atoms with van der Waals surface area (Å²) in [6, 6.07) is 7.72. The van der Waals surface area contributed by atoms with Gasteiger partial charge in [0.1, 0.15) is 6.61 Å². The number of para-hydroxylation sites is 1. The number of hydrogen-bond acceptors (Lipinski definition) is 5. The first kappa shape index (κ1) is 18.4. The van der Waals surface area contributed by atoms with Gasteiger partial charge in [0.15, 0.2) is 15.0 Å². The Kier molecular flexibility index (Phi) is 5.22. The zero-order valence-electron chi connectivity index (χ0n) is 14.5. The number of nitrogens with zero attached hydrogens (tertiary/aromatic N) is 2. The van der Waals surface area contributed by atoms with E-state index in [1.165, 1.54) is 18.9 Å². The zero-order chi connectivity index (χ0) is 18.2. The highest BCUT2D eigenvalue weighted by Gasteiger charge is 2.49. The summed E-state index contributed by atoms with van der Waals surface area (Å²) >= 11 is 1.38. The minimum absolute atomic E-state index is 0.0860. The van der Waals surface area contributed by atoms with Crippen LogP contribution in [-0.2, 0) is 19.4 Å². The molecule has 2 fully saturated rings. The molecule has 136 valence electrons. The van der Waals surface area contributed by atoms with E-state index in [1.54, 1.807) is 0 Å². The Balaban J connectivity index is 2.06. The molecule has 1 aromatic rings. The van der Waals surface area contributed by atoms with Crippen LogP contribution in [0.15, 0.2) is 29.3 Å². The number of fused-ring (bicyclic) bond motifs is 1. The number of carbonyl (C=O) groups is 1. The fourth-order valence-corrected chi connectivity index (χ4v) is 7.23. The molecule has 2 atom stereocenters. The van der Waals surface area contributed by atoms with Gasteiger partial charge in [-0.2, -0.15) is 4.99 Å². The van der Waals surface area contributed by atoms with Crippen LogP contribution in [0.1, 0.15) is 25.3 Å². The topological polar surface area (TPSA) is 76.0 Å². The zero-order valence-corrected chi connectivity index (χ0v) is 16.1. The van der Waals surface area contributed by atoms with Crippen LogP contribution in [0, 0.1) is 0 Å². The van der Waals surface area contributed by atoms with Crippen LogP contribution in [0.3, 0.4) is 0 Å². The molecule has 0 spiro atoms. The molecule has 0 unspecified atom stereocenters. The lowest BCUT2D eigenvalue weighted by atomic mass is 9.99. The van der Waals surface area contributed by atoms with Crippen molar-refractivity contribution in [2.24, 2.45) is 4.99 Å². The summed E-state index contributed by atoms with van der Waals surface area (Å²) in [5.41, 5.74) is 2.04. The van der Waals surface area contributed by atoms with Crippen molar-refractivity contribution in [1.29, 1.82) is 0 Å². The Hall–Kier alpha value is -1.38. The Morgan fingerprint density at radius 2 is 2.08 bits per heavy atom.